The van der Waals surface area contributed by atoms with Crippen LogP contribution in [0.2, 0.25) is 0 Å². The number of rotatable bonds is 5. The lowest BCUT2D eigenvalue weighted by Gasteiger charge is -2.18. The van der Waals surface area contributed by atoms with Gasteiger partial charge in [0.1, 0.15) is 5.75 Å². The van der Waals surface area contributed by atoms with Crippen LogP contribution in [0.15, 0.2) is 42.5 Å². The lowest BCUT2D eigenvalue weighted by molar-refractivity contribution is 0.335. The van der Waals surface area contributed by atoms with Gasteiger partial charge in [0.2, 0.25) is 0 Å². The first kappa shape index (κ1) is 14.6. The molecule has 0 aromatic heterocycles. The van der Waals surface area contributed by atoms with E-state index in [2.05, 4.69) is 50.2 Å². The number of benzene rings is 2. The van der Waals surface area contributed by atoms with Crippen LogP contribution in [0.1, 0.15) is 42.1 Å². The molecule has 2 rings (SSSR count). The fourth-order valence-corrected chi connectivity index (χ4v) is 2.34. The normalized spacial score (nSPS) is 12.2. The molecule has 2 aromatic carbocycles. The van der Waals surface area contributed by atoms with Gasteiger partial charge in [-0.3, -0.25) is 0 Å². The van der Waals surface area contributed by atoms with Crippen LogP contribution < -0.4 is 10.5 Å². The second-order valence-electron chi connectivity index (χ2n) is 5.05. The Hall–Kier alpha value is -1.80. The molecular formula is C18H23NO. The van der Waals surface area contributed by atoms with Gasteiger partial charge in [0.15, 0.2) is 0 Å². The van der Waals surface area contributed by atoms with Crippen LogP contribution in [0.5, 0.6) is 5.75 Å². The predicted molar refractivity (Wildman–Crippen MR) is 84.2 cm³/mol. The first-order valence-electron chi connectivity index (χ1n) is 7.23. The fraction of sp³-hybridized carbons (Fsp3) is 0.333. The minimum atomic E-state index is -0.151. The highest BCUT2D eigenvalue weighted by molar-refractivity contribution is 5.44. The molecule has 2 nitrogen and oxygen atoms in total. The maximum atomic E-state index is 6.43. The minimum absolute atomic E-state index is 0.151. The van der Waals surface area contributed by atoms with Gasteiger partial charge in [-0.2, -0.15) is 0 Å². The van der Waals surface area contributed by atoms with Gasteiger partial charge < -0.3 is 10.5 Å². The Kier molecular flexibility index (Phi) is 4.80. The lowest BCUT2D eigenvalue weighted by Crippen LogP contribution is -2.14. The van der Waals surface area contributed by atoms with Crippen LogP contribution in [-0.2, 0) is 6.42 Å². The molecule has 0 aliphatic heterocycles. The topological polar surface area (TPSA) is 35.2 Å². The van der Waals surface area contributed by atoms with Gasteiger partial charge in [-0.15, -0.1) is 0 Å². The highest BCUT2D eigenvalue weighted by atomic mass is 16.5. The third-order valence-corrected chi connectivity index (χ3v) is 3.55. The molecule has 2 N–H and O–H groups in total. The van der Waals surface area contributed by atoms with Crippen molar-refractivity contribution >= 4 is 0 Å². The molecule has 0 radical (unpaired) electrons. The van der Waals surface area contributed by atoms with Crippen molar-refractivity contribution in [2.45, 2.75) is 33.2 Å². The molecule has 1 atom stereocenters. The van der Waals surface area contributed by atoms with Gasteiger partial charge in [0.25, 0.3) is 0 Å². The van der Waals surface area contributed by atoms with E-state index in [0.717, 1.165) is 23.3 Å². The Balaban J connectivity index is 2.35. The van der Waals surface area contributed by atoms with Crippen molar-refractivity contribution in [1.82, 2.24) is 0 Å². The third-order valence-electron chi connectivity index (χ3n) is 3.55. The molecule has 0 heterocycles. The summed E-state index contributed by atoms with van der Waals surface area (Å²) < 4.78 is 5.70. The number of aryl methyl sites for hydroxylation is 2. The van der Waals surface area contributed by atoms with Gasteiger partial charge in [-0.1, -0.05) is 48.9 Å². The molecule has 20 heavy (non-hydrogen) atoms. The Morgan fingerprint density at radius 1 is 1.05 bits per heavy atom. The van der Waals surface area contributed by atoms with Crippen LogP contribution in [0.4, 0.5) is 0 Å². The maximum absolute atomic E-state index is 6.43. The van der Waals surface area contributed by atoms with Crippen LogP contribution >= 0.6 is 0 Å². The molecule has 2 heteroatoms. The molecule has 1 unspecified atom stereocenters. The minimum Gasteiger partial charge on any atom is -0.494 e. The van der Waals surface area contributed by atoms with Crippen molar-refractivity contribution in [3.63, 3.8) is 0 Å². The van der Waals surface area contributed by atoms with E-state index in [1.165, 1.54) is 11.1 Å². The summed E-state index contributed by atoms with van der Waals surface area (Å²) in [5.41, 5.74) is 11.1. The van der Waals surface area contributed by atoms with Crippen LogP contribution in [0.3, 0.4) is 0 Å². The van der Waals surface area contributed by atoms with Crippen molar-refractivity contribution in [3.05, 3.63) is 64.7 Å². The van der Waals surface area contributed by atoms with Crippen molar-refractivity contribution in [1.29, 1.82) is 0 Å². The summed E-state index contributed by atoms with van der Waals surface area (Å²) in [6.45, 7) is 6.87. The second-order valence-corrected chi connectivity index (χ2v) is 5.05. The molecule has 0 amide bonds. The highest BCUT2D eigenvalue weighted by Gasteiger charge is 2.14. The summed E-state index contributed by atoms with van der Waals surface area (Å²) in [6.07, 6.45) is 1.05. The monoisotopic (exact) mass is 269 g/mol. The molecule has 0 saturated carbocycles. The Morgan fingerprint density at radius 3 is 2.35 bits per heavy atom. The number of hydrogen-bond acceptors (Lipinski definition) is 2. The van der Waals surface area contributed by atoms with Crippen molar-refractivity contribution in [2.75, 3.05) is 6.61 Å². The first-order valence-corrected chi connectivity index (χ1v) is 7.23. The van der Waals surface area contributed by atoms with Gasteiger partial charge in [0, 0.05) is 5.56 Å². The third kappa shape index (κ3) is 3.20. The van der Waals surface area contributed by atoms with E-state index in [0.29, 0.717) is 6.61 Å². The van der Waals surface area contributed by atoms with E-state index >= 15 is 0 Å². The fourth-order valence-electron chi connectivity index (χ4n) is 2.34. The van der Waals surface area contributed by atoms with E-state index in [1.54, 1.807) is 0 Å². The summed E-state index contributed by atoms with van der Waals surface area (Å²) in [4.78, 5) is 0. The zero-order chi connectivity index (χ0) is 14.5. The van der Waals surface area contributed by atoms with Crippen LogP contribution in [0, 0.1) is 6.92 Å². The molecule has 0 aliphatic carbocycles. The molecule has 106 valence electrons. The Bertz CT molecular complexity index is 560. The molecular weight excluding hydrogens is 246 g/mol. The van der Waals surface area contributed by atoms with E-state index in [-0.39, 0.29) is 6.04 Å². The number of nitrogens with two attached hydrogens (primary N) is 1. The SMILES string of the molecule is CCOc1ccc(C)cc1C(N)c1ccc(CC)cc1. The largest absolute Gasteiger partial charge is 0.494 e. The maximum Gasteiger partial charge on any atom is 0.124 e. The standard InChI is InChI=1S/C18H23NO/c1-4-14-7-9-15(10-8-14)18(19)16-12-13(3)6-11-17(16)20-5-2/h6-12,18H,4-5,19H2,1-3H3. The Morgan fingerprint density at radius 2 is 1.75 bits per heavy atom. The molecule has 0 bridgehead atoms. The first-order chi connectivity index (χ1) is 9.65. The second kappa shape index (κ2) is 6.58. The van der Waals surface area contributed by atoms with Crippen LogP contribution in [-0.4, -0.2) is 6.61 Å². The highest BCUT2D eigenvalue weighted by Crippen LogP contribution is 2.29. The van der Waals surface area contributed by atoms with Crippen LogP contribution in [0.25, 0.3) is 0 Å². The quantitative estimate of drug-likeness (QED) is 0.890. The number of hydrogen-bond donors (Lipinski definition) is 1. The van der Waals surface area contributed by atoms with Gasteiger partial charge in [0.05, 0.1) is 12.6 Å². The van der Waals surface area contributed by atoms with Crippen molar-refractivity contribution in [2.24, 2.45) is 5.73 Å². The van der Waals surface area contributed by atoms with E-state index in [1.807, 2.05) is 13.0 Å². The lowest BCUT2D eigenvalue weighted by atomic mass is 9.96. The molecule has 0 spiro atoms. The smallest absolute Gasteiger partial charge is 0.124 e. The van der Waals surface area contributed by atoms with Gasteiger partial charge in [-0.05, 0) is 37.5 Å². The average Bonchev–Trinajstić information content (AvgIpc) is 2.48. The molecule has 0 aliphatic rings. The van der Waals surface area contributed by atoms with Gasteiger partial charge in [-0.25, -0.2) is 0 Å². The Labute approximate surface area is 121 Å². The van der Waals surface area contributed by atoms with E-state index in [9.17, 15) is 0 Å². The molecule has 0 fully saturated rings. The summed E-state index contributed by atoms with van der Waals surface area (Å²) in [5, 5.41) is 0. The zero-order valence-corrected chi connectivity index (χ0v) is 12.5. The number of ether oxygens (including phenoxy) is 1. The predicted octanol–water partition coefficient (Wildman–Crippen LogP) is 4.00. The molecule has 2 aromatic rings. The van der Waals surface area contributed by atoms with Crippen molar-refractivity contribution < 1.29 is 4.74 Å². The summed E-state index contributed by atoms with van der Waals surface area (Å²) in [5.74, 6) is 0.880. The van der Waals surface area contributed by atoms with E-state index < -0.39 is 0 Å². The zero-order valence-electron chi connectivity index (χ0n) is 12.5. The van der Waals surface area contributed by atoms with E-state index in [4.69, 9.17) is 10.5 Å². The summed E-state index contributed by atoms with van der Waals surface area (Å²) >= 11 is 0. The summed E-state index contributed by atoms with van der Waals surface area (Å²) in [6, 6.07) is 14.5. The average molecular weight is 269 g/mol. The van der Waals surface area contributed by atoms with Gasteiger partial charge >= 0.3 is 0 Å². The molecule has 0 saturated heterocycles. The summed E-state index contributed by atoms with van der Waals surface area (Å²) in [7, 11) is 0. The van der Waals surface area contributed by atoms with Crippen molar-refractivity contribution in [3.8, 4) is 5.75 Å².